The molecule has 0 saturated carbocycles. The van der Waals surface area contributed by atoms with Crippen LogP contribution < -0.4 is 11.3 Å². The van der Waals surface area contributed by atoms with Crippen LogP contribution in [0.4, 0.5) is 0 Å². The minimum Gasteiger partial charge on any atom is -0.465 e. The number of hydrogen-bond acceptors (Lipinski definition) is 5. The van der Waals surface area contributed by atoms with Crippen molar-refractivity contribution in [1.29, 1.82) is 0 Å². The van der Waals surface area contributed by atoms with E-state index in [0.29, 0.717) is 5.69 Å². The lowest BCUT2D eigenvalue weighted by Gasteiger charge is -2.12. The summed E-state index contributed by atoms with van der Waals surface area (Å²) in [4.78, 5) is 35.0. The Kier molecular flexibility index (Phi) is 3.87. The lowest BCUT2D eigenvalue weighted by molar-refractivity contribution is -0.117. The molecule has 0 radical (unpaired) electrons. The second kappa shape index (κ2) is 5.99. The molecule has 0 unspecified atom stereocenters. The second-order valence-corrected chi connectivity index (χ2v) is 5.20. The van der Waals surface area contributed by atoms with E-state index in [-0.39, 0.29) is 23.2 Å². The summed E-state index contributed by atoms with van der Waals surface area (Å²) in [6.45, 7) is 0. The number of nitrogens with zero attached hydrogens (tertiary/aromatic N) is 2. The molecule has 2 aliphatic heterocycles. The van der Waals surface area contributed by atoms with E-state index in [9.17, 15) is 14.4 Å². The van der Waals surface area contributed by atoms with Crippen molar-refractivity contribution < 1.29 is 14.3 Å². The van der Waals surface area contributed by atoms with Crippen molar-refractivity contribution in [3.8, 4) is 16.9 Å². The molecule has 1 aromatic carbocycles. The molecular formula is C16H14N4O4. The van der Waals surface area contributed by atoms with Crippen LogP contribution in [0.25, 0.3) is 16.9 Å². The number of H-pyrrole nitrogens is 1. The number of fused-ring (bicyclic) bond motifs is 1. The Labute approximate surface area is 136 Å². The van der Waals surface area contributed by atoms with Crippen LogP contribution in [0.5, 0.6) is 0 Å². The Balaban J connectivity index is 2.18. The molecule has 0 aliphatic carbocycles. The Morgan fingerprint density at radius 1 is 1.33 bits per heavy atom. The first kappa shape index (κ1) is 15.5. The predicted octanol–water partition coefficient (Wildman–Crippen LogP) is 0.480. The van der Waals surface area contributed by atoms with Crippen molar-refractivity contribution in [2.75, 3.05) is 7.11 Å². The number of benzene rings is 1. The second-order valence-electron chi connectivity index (χ2n) is 5.20. The standard InChI is InChI=1S/C16H14N4O4/c1-24-16(23)12-8-20(7-11-14(12)18-19-15(11)22)10-4-2-3-9(5-10)6-13(17)21/h2-5,7-8H,6H2,1H3,(H2,17,21)(H,19,22). The van der Waals surface area contributed by atoms with E-state index < -0.39 is 17.4 Å². The van der Waals surface area contributed by atoms with Crippen LogP contribution in [-0.2, 0) is 16.0 Å². The number of nitrogens with one attached hydrogen (secondary N) is 1. The summed E-state index contributed by atoms with van der Waals surface area (Å²) in [6, 6.07) is 7.06. The van der Waals surface area contributed by atoms with E-state index in [1.165, 1.54) is 13.3 Å². The van der Waals surface area contributed by atoms with Gasteiger partial charge in [-0.15, -0.1) is 0 Å². The number of methoxy groups -OCH3 is 1. The van der Waals surface area contributed by atoms with Crippen molar-refractivity contribution in [2.24, 2.45) is 5.73 Å². The molecule has 3 N–H and O–H groups in total. The number of ether oxygens (including phenoxy) is 1. The van der Waals surface area contributed by atoms with Crippen molar-refractivity contribution >= 4 is 11.9 Å². The summed E-state index contributed by atoms with van der Waals surface area (Å²) in [5, 5.41) is 6.19. The molecule has 1 aromatic rings. The van der Waals surface area contributed by atoms with Crippen LogP contribution in [0.3, 0.4) is 0 Å². The van der Waals surface area contributed by atoms with Gasteiger partial charge in [-0.3, -0.25) is 9.59 Å². The lowest BCUT2D eigenvalue weighted by atomic mass is 10.1. The highest BCUT2D eigenvalue weighted by molar-refractivity contribution is 5.96. The maximum absolute atomic E-state index is 12.0. The van der Waals surface area contributed by atoms with Gasteiger partial charge < -0.3 is 15.0 Å². The van der Waals surface area contributed by atoms with E-state index in [2.05, 4.69) is 10.2 Å². The van der Waals surface area contributed by atoms with Crippen LogP contribution in [0.2, 0.25) is 0 Å². The SMILES string of the molecule is COC(=O)c1cn(-c2cccc(CC(N)=O)c2)cc2c(=O)[nH]nc1-2. The molecule has 8 nitrogen and oxygen atoms in total. The molecule has 0 saturated heterocycles. The quantitative estimate of drug-likeness (QED) is 0.676. The maximum Gasteiger partial charge on any atom is 0.341 e. The number of rotatable bonds is 4. The monoisotopic (exact) mass is 326 g/mol. The smallest absolute Gasteiger partial charge is 0.341 e. The number of hydrogen-bond donors (Lipinski definition) is 2. The maximum atomic E-state index is 12.0. The first-order valence-electron chi connectivity index (χ1n) is 7.06. The first-order valence-corrected chi connectivity index (χ1v) is 7.06. The van der Waals surface area contributed by atoms with Gasteiger partial charge in [0.05, 0.1) is 19.1 Å². The van der Waals surface area contributed by atoms with Crippen LogP contribution in [0, 0.1) is 0 Å². The summed E-state index contributed by atoms with van der Waals surface area (Å²) in [6.07, 6.45) is 3.19. The van der Waals surface area contributed by atoms with Crippen LogP contribution in [-0.4, -0.2) is 33.8 Å². The van der Waals surface area contributed by atoms with E-state index in [1.807, 2.05) is 0 Å². The molecule has 0 spiro atoms. The number of aromatic nitrogens is 3. The Morgan fingerprint density at radius 2 is 2.12 bits per heavy atom. The number of nitrogens with two attached hydrogens (primary N) is 1. The van der Waals surface area contributed by atoms with Crippen molar-refractivity contribution in [1.82, 2.24) is 14.8 Å². The van der Waals surface area contributed by atoms with Crippen LogP contribution in [0.1, 0.15) is 15.9 Å². The number of primary amides is 1. The number of carbonyl (C=O) groups excluding carboxylic acids is 2. The fraction of sp³-hybridized carbons (Fsp3) is 0.125. The third-order valence-electron chi connectivity index (χ3n) is 3.55. The molecule has 0 bridgehead atoms. The lowest BCUT2D eigenvalue weighted by Crippen LogP contribution is -2.14. The van der Waals surface area contributed by atoms with Gasteiger partial charge in [0, 0.05) is 18.1 Å². The third kappa shape index (κ3) is 2.76. The number of aromatic amines is 1. The minimum atomic E-state index is -0.603. The largest absolute Gasteiger partial charge is 0.465 e. The molecule has 0 aromatic heterocycles. The zero-order valence-electron chi connectivity index (χ0n) is 12.8. The van der Waals surface area contributed by atoms with Gasteiger partial charge in [-0.2, -0.15) is 5.10 Å². The average Bonchev–Trinajstić information content (AvgIpc) is 2.94. The number of esters is 1. The molecule has 0 fully saturated rings. The highest BCUT2D eigenvalue weighted by atomic mass is 16.5. The fourth-order valence-electron chi connectivity index (χ4n) is 2.47. The van der Waals surface area contributed by atoms with Gasteiger partial charge in [0.25, 0.3) is 5.56 Å². The molecular weight excluding hydrogens is 312 g/mol. The van der Waals surface area contributed by atoms with Gasteiger partial charge in [-0.05, 0) is 17.7 Å². The van der Waals surface area contributed by atoms with Gasteiger partial charge in [0.15, 0.2) is 0 Å². The van der Waals surface area contributed by atoms with E-state index >= 15 is 0 Å². The molecule has 8 heteroatoms. The summed E-state index contributed by atoms with van der Waals surface area (Å²) in [7, 11) is 1.25. The molecule has 2 aliphatic rings. The molecule has 122 valence electrons. The van der Waals surface area contributed by atoms with Gasteiger partial charge in [-0.1, -0.05) is 12.1 Å². The molecule has 3 rings (SSSR count). The highest BCUT2D eigenvalue weighted by Gasteiger charge is 2.22. The minimum absolute atomic E-state index is 0.0962. The van der Waals surface area contributed by atoms with Gasteiger partial charge in [-0.25, -0.2) is 9.89 Å². The van der Waals surface area contributed by atoms with Crippen molar-refractivity contribution in [2.45, 2.75) is 6.42 Å². The summed E-state index contributed by atoms with van der Waals surface area (Å²) in [5.41, 5.74) is 6.87. The fourth-order valence-corrected chi connectivity index (χ4v) is 2.47. The summed E-state index contributed by atoms with van der Waals surface area (Å²) < 4.78 is 6.36. The van der Waals surface area contributed by atoms with Gasteiger partial charge in [0.2, 0.25) is 5.91 Å². The highest BCUT2D eigenvalue weighted by Crippen LogP contribution is 2.23. The topological polar surface area (TPSA) is 120 Å². The normalized spacial score (nSPS) is 10.7. The first-order chi connectivity index (χ1) is 11.5. The Hall–Kier alpha value is -3.42. The van der Waals surface area contributed by atoms with E-state index in [0.717, 1.165) is 5.56 Å². The van der Waals surface area contributed by atoms with Crippen LogP contribution >= 0.6 is 0 Å². The molecule has 1 amide bonds. The number of carbonyl (C=O) groups is 2. The van der Waals surface area contributed by atoms with Crippen molar-refractivity contribution in [3.05, 3.63) is 58.1 Å². The summed E-state index contributed by atoms with van der Waals surface area (Å²) in [5.74, 6) is -1.05. The average molecular weight is 326 g/mol. The molecule has 2 heterocycles. The Bertz CT molecular complexity index is 957. The van der Waals surface area contributed by atoms with Crippen molar-refractivity contribution in [3.63, 3.8) is 0 Å². The van der Waals surface area contributed by atoms with Gasteiger partial charge >= 0.3 is 5.97 Å². The molecule has 0 atom stereocenters. The third-order valence-corrected chi connectivity index (χ3v) is 3.55. The number of pyridine rings is 1. The summed E-state index contributed by atoms with van der Waals surface area (Å²) >= 11 is 0. The van der Waals surface area contributed by atoms with E-state index in [1.54, 1.807) is 35.0 Å². The Morgan fingerprint density at radius 3 is 2.83 bits per heavy atom. The zero-order valence-corrected chi connectivity index (χ0v) is 12.8. The van der Waals surface area contributed by atoms with Gasteiger partial charge in [0.1, 0.15) is 11.3 Å². The number of amides is 1. The van der Waals surface area contributed by atoms with Crippen LogP contribution in [0.15, 0.2) is 41.5 Å². The van der Waals surface area contributed by atoms with E-state index in [4.69, 9.17) is 10.5 Å². The zero-order chi connectivity index (χ0) is 17.3. The molecule has 24 heavy (non-hydrogen) atoms. The predicted molar refractivity (Wildman–Crippen MR) is 85.0 cm³/mol.